The minimum absolute atomic E-state index is 0.831. The maximum atomic E-state index is 8.78. The van der Waals surface area contributed by atoms with Gasteiger partial charge in [-0.05, 0) is 23.7 Å². The van der Waals surface area contributed by atoms with E-state index in [1.54, 1.807) is 7.11 Å². The zero-order chi connectivity index (χ0) is 8.10. The molecule has 1 N–H and O–H groups in total. The Hall–Kier alpha value is -0.803. The molecular weight excluding hydrogens is 156 g/mol. The van der Waals surface area contributed by atoms with Gasteiger partial charge in [0.25, 0.3) is 0 Å². The van der Waals surface area contributed by atoms with Gasteiger partial charge < -0.3 is 9.53 Å². The highest BCUT2D eigenvalue weighted by atomic mass is 28.2. The van der Waals surface area contributed by atoms with Crippen LogP contribution in [-0.4, -0.2) is 21.7 Å². The lowest BCUT2D eigenvalue weighted by atomic mass is 10.2. The summed E-state index contributed by atoms with van der Waals surface area (Å²) in [5.74, 6) is 0.866. The summed E-state index contributed by atoms with van der Waals surface area (Å²) in [7, 11) is 0.785. The van der Waals surface area contributed by atoms with Crippen LogP contribution < -0.4 is 4.74 Å². The molecule has 0 bridgehead atoms. The molecule has 0 atom stereocenters. The standard InChI is InChI=1S/C8H12O2Si/c1-10-8-4-2-3-7(5-8)6-11-9/h2-5,9H,6,11H2,1H3. The first-order valence-corrected chi connectivity index (χ1v) is 5.24. The first kappa shape index (κ1) is 8.29. The van der Waals surface area contributed by atoms with Crippen molar-refractivity contribution in [2.24, 2.45) is 0 Å². The van der Waals surface area contributed by atoms with E-state index in [4.69, 9.17) is 9.53 Å². The van der Waals surface area contributed by atoms with Crippen molar-refractivity contribution in [3.63, 3.8) is 0 Å². The summed E-state index contributed by atoms with van der Waals surface area (Å²) in [4.78, 5) is 8.78. The molecule has 0 heterocycles. The Morgan fingerprint density at radius 2 is 2.36 bits per heavy atom. The van der Waals surface area contributed by atoms with Crippen molar-refractivity contribution in [1.29, 1.82) is 0 Å². The molecule has 3 heteroatoms. The van der Waals surface area contributed by atoms with Crippen LogP contribution in [0.15, 0.2) is 24.3 Å². The van der Waals surface area contributed by atoms with Crippen molar-refractivity contribution < 1.29 is 9.53 Å². The van der Waals surface area contributed by atoms with Gasteiger partial charge in [-0.1, -0.05) is 12.1 Å². The average molecular weight is 168 g/mol. The zero-order valence-corrected chi connectivity index (χ0v) is 7.99. The number of methoxy groups -OCH3 is 1. The van der Waals surface area contributed by atoms with Gasteiger partial charge in [0.1, 0.15) is 5.75 Å². The van der Waals surface area contributed by atoms with E-state index in [0.717, 1.165) is 11.8 Å². The van der Waals surface area contributed by atoms with E-state index in [-0.39, 0.29) is 0 Å². The highest BCUT2D eigenvalue weighted by Crippen LogP contribution is 2.11. The number of ether oxygens (including phenoxy) is 1. The van der Waals surface area contributed by atoms with E-state index in [2.05, 4.69) is 0 Å². The Morgan fingerprint density at radius 1 is 1.55 bits per heavy atom. The van der Waals surface area contributed by atoms with Crippen LogP contribution in [-0.2, 0) is 6.04 Å². The summed E-state index contributed by atoms with van der Waals surface area (Å²) in [5.41, 5.74) is 1.17. The lowest BCUT2D eigenvalue weighted by Crippen LogP contribution is -1.94. The first-order valence-electron chi connectivity index (χ1n) is 3.60. The van der Waals surface area contributed by atoms with Crippen LogP contribution in [0, 0.1) is 0 Å². The number of hydrogen-bond acceptors (Lipinski definition) is 2. The van der Waals surface area contributed by atoms with Crippen molar-refractivity contribution in [2.45, 2.75) is 6.04 Å². The van der Waals surface area contributed by atoms with Crippen LogP contribution in [0.4, 0.5) is 0 Å². The van der Waals surface area contributed by atoms with Crippen LogP contribution in [0.5, 0.6) is 5.75 Å². The molecule has 11 heavy (non-hydrogen) atoms. The Kier molecular flexibility index (Phi) is 3.13. The van der Waals surface area contributed by atoms with Crippen molar-refractivity contribution in [3.8, 4) is 5.75 Å². The maximum absolute atomic E-state index is 8.78. The van der Waals surface area contributed by atoms with Gasteiger partial charge in [-0.3, -0.25) is 0 Å². The van der Waals surface area contributed by atoms with Crippen LogP contribution in [0.1, 0.15) is 5.56 Å². The average Bonchev–Trinajstić information content (AvgIpc) is 2.06. The molecule has 60 valence electrons. The molecule has 0 aliphatic heterocycles. The summed E-state index contributed by atoms with van der Waals surface area (Å²) < 4.78 is 5.03. The first-order chi connectivity index (χ1) is 5.36. The smallest absolute Gasteiger partial charge is 0.161 e. The van der Waals surface area contributed by atoms with Crippen LogP contribution >= 0.6 is 0 Å². The fourth-order valence-corrected chi connectivity index (χ4v) is 1.53. The van der Waals surface area contributed by atoms with E-state index >= 15 is 0 Å². The molecule has 0 radical (unpaired) electrons. The van der Waals surface area contributed by atoms with E-state index in [1.807, 2.05) is 24.3 Å². The van der Waals surface area contributed by atoms with Crippen LogP contribution in [0.3, 0.4) is 0 Å². The topological polar surface area (TPSA) is 29.5 Å². The largest absolute Gasteiger partial charge is 0.497 e. The van der Waals surface area contributed by atoms with Crippen LogP contribution in [0.25, 0.3) is 0 Å². The van der Waals surface area contributed by atoms with Crippen molar-refractivity contribution >= 4 is 9.76 Å². The maximum Gasteiger partial charge on any atom is 0.161 e. The highest BCUT2D eigenvalue weighted by Gasteiger charge is 1.93. The Morgan fingerprint density at radius 3 is 3.00 bits per heavy atom. The molecule has 0 spiro atoms. The third-order valence-electron chi connectivity index (χ3n) is 1.53. The molecule has 0 amide bonds. The Bertz CT molecular complexity index is 225. The fourth-order valence-electron chi connectivity index (χ4n) is 0.957. The molecule has 2 nitrogen and oxygen atoms in total. The molecule has 1 aromatic carbocycles. The molecule has 1 rings (SSSR count). The van der Waals surface area contributed by atoms with Crippen molar-refractivity contribution in [1.82, 2.24) is 0 Å². The summed E-state index contributed by atoms with van der Waals surface area (Å²) in [6.07, 6.45) is 0. The van der Waals surface area contributed by atoms with Crippen molar-refractivity contribution in [2.75, 3.05) is 7.11 Å². The molecule has 0 aliphatic rings. The SMILES string of the molecule is COc1cccc(C[SiH2]O)c1. The van der Waals surface area contributed by atoms with Gasteiger partial charge in [0.15, 0.2) is 9.76 Å². The Labute approximate surface area is 68.8 Å². The molecule has 0 saturated heterocycles. The van der Waals surface area contributed by atoms with Gasteiger partial charge in [0.2, 0.25) is 0 Å². The summed E-state index contributed by atoms with van der Waals surface area (Å²) >= 11 is 0. The van der Waals surface area contributed by atoms with Gasteiger partial charge >= 0.3 is 0 Å². The highest BCUT2D eigenvalue weighted by molar-refractivity contribution is 6.24. The minimum atomic E-state index is -0.863. The molecular formula is C8H12O2Si. The quantitative estimate of drug-likeness (QED) is 0.657. The number of hydrogen-bond donors (Lipinski definition) is 1. The zero-order valence-electron chi connectivity index (χ0n) is 6.58. The predicted molar refractivity (Wildman–Crippen MR) is 47.5 cm³/mol. The van der Waals surface area contributed by atoms with Crippen molar-refractivity contribution in [3.05, 3.63) is 29.8 Å². The summed E-state index contributed by atoms with van der Waals surface area (Å²) in [6.45, 7) is 0. The van der Waals surface area contributed by atoms with Crippen LogP contribution in [0.2, 0.25) is 0 Å². The molecule has 1 aromatic rings. The van der Waals surface area contributed by atoms with Gasteiger partial charge in [0.05, 0.1) is 7.11 Å². The number of benzene rings is 1. The van der Waals surface area contributed by atoms with E-state index < -0.39 is 9.76 Å². The molecule has 0 fully saturated rings. The summed E-state index contributed by atoms with van der Waals surface area (Å²) in [6, 6.07) is 8.65. The van der Waals surface area contributed by atoms with Gasteiger partial charge in [-0.2, -0.15) is 0 Å². The third-order valence-corrected chi connectivity index (χ3v) is 2.34. The third kappa shape index (κ3) is 2.36. The van der Waals surface area contributed by atoms with E-state index in [1.165, 1.54) is 5.56 Å². The summed E-state index contributed by atoms with van der Waals surface area (Å²) in [5, 5.41) is 0. The lowest BCUT2D eigenvalue weighted by Gasteiger charge is -2.01. The lowest BCUT2D eigenvalue weighted by molar-refractivity contribution is 0.414. The monoisotopic (exact) mass is 168 g/mol. The second kappa shape index (κ2) is 4.15. The molecule has 0 saturated carbocycles. The second-order valence-corrected chi connectivity index (χ2v) is 3.27. The number of rotatable bonds is 3. The normalized spacial score (nSPS) is 10.7. The second-order valence-electron chi connectivity index (χ2n) is 2.33. The van der Waals surface area contributed by atoms with Gasteiger partial charge in [-0.15, -0.1) is 0 Å². The molecule has 0 aromatic heterocycles. The van der Waals surface area contributed by atoms with E-state index in [9.17, 15) is 0 Å². The van der Waals surface area contributed by atoms with Gasteiger partial charge in [0, 0.05) is 0 Å². The Balaban J connectivity index is 2.74. The molecule has 0 aliphatic carbocycles. The fraction of sp³-hybridized carbons (Fsp3) is 0.250. The molecule has 0 unspecified atom stereocenters. The minimum Gasteiger partial charge on any atom is -0.497 e. The predicted octanol–water partition coefficient (Wildman–Crippen LogP) is 0.271. The van der Waals surface area contributed by atoms with E-state index in [0.29, 0.717) is 0 Å². The van der Waals surface area contributed by atoms with Gasteiger partial charge in [-0.25, -0.2) is 0 Å².